The van der Waals surface area contributed by atoms with Crippen LogP contribution in [0.3, 0.4) is 0 Å². The quantitative estimate of drug-likeness (QED) is 0.442. The average Bonchev–Trinajstić information content (AvgIpc) is 2.99. The van der Waals surface area contributed by atoms with E-state index in [1.807, 2.05) is 41.5 Å². The molecule has 3 fully saturated rings. The molecular formula is C16H20Cl4O2. The lowest BCUT2D eigenvalue weighted by Crippen LogP contribution is -2.50. The molecule has 0 saturated heterocycles. The lowest BCUT2D eigenvalue weighted by atomic mass is 9.62. The van der Waals surface area contributed by atoms with Gasteiger partial charge in [-0.25, -0.2) is 0 Å². The number of carbonyl (C=O) groups is 2. The van der Waals surface area contributed by atoms with Crippen molar-refractivity contribution in [2.45, 2.75) is 50.2 Å². The average molecular weight is 386 g/mol. The zero-order chi connectivity index (χ0) is 17.3. The SMILES string of the molecule is CC(C)(C)[C@]12C(=O)C(=O)[C@]3(C(C)(C)C)[C@H]([C@@H]1C2(Cl)Cl)C3(Cl)Cl. The summed E-state index contributed by atoms with van der Waals surface area (Å²) in [5.41, 5.74) is -3.31. The van der Waals surface area contributed by atoms with Gasteiger partial charge in [0.2, 0.25) is 11.6 Å². The van der Waals surface area contributed by atoms with Gasteiger partial charge in [-0.15, -0.1) is 46.4 Å². The molecule has 0 unspecified atom stereocenters. The van der Waals surface area contributed by atoms with Gasteiger partial charge in [-0.05, 0) is 10.8 Å². The first kappa shape index (κ1) is 17.3. The lowest BCUT2D eigenvalue weighted by Gasteiger charge is -2.39. The summed E-state index contributed by atoms with van der Waals surface area (Å²) >= 11 is 26.2. The molecule has 0 N–H and O–H groups in total. The van der Waals surface area contributed by atoms with E-state index in [4.69, 9.17) is 46.4 Å². The van der Waals surface area contributed by atoms with Crippen molar-refractivity contribution in [3.63, 3.8) is 0 Å². The molecule has 3 aliphatic rings. The second-order valence-electron chi connectivity index (χ2n) is 8.98. The summed E-state index contributed by atoms with van der Waals surface area (Å²) < 4.78 is -2.61. The minimum Gasteiger partial charge on any atom is -0.290 e. The first-order chi connectivity index (χ1) is 9.55. The maximum atomic E-state index is 13.1. The first-order valence-electron chi connectivity index (χ1n) is 7.40. The summed E-state index contributed by atoms with van der Waals surface area (Å²) in [5, 5.41) is 0. The van der Waals surface area contributed by atoms with Crippen molar-refractivity contribution >= 4 is 58.0 Å². The third-order valence-corrected chi connectivity index (χ3v) is 8.35. The van der Waals surface area contributed by atoms with Gasteiger partial charge in [0.05, 0.1) is 10.8 Å². The smallest absolute Gasteiger partial charge is 0.209 e. The number of ketones is 2. The van der Waals surface area contributed by atoms with Crippen LogP contribution in [-0.2, 0) is 9.59 Å². The van der Waals surface area contributed by atoms with Gasteiger partial charge in [0.25, 0.3) is 0 Å². The normalized spacial score (nSPS) is 45.2. The minimum atomic E-state index is -1.30. The molecule has 0 aliphatic heterocycles. The molecule has 3 rings (SSSR count). The van der Waals surface area contributed by atoms with Gasteiger partial charge in [0.1, 0.15) is 8.67 Å². The Morgan fingerprint density at radius 2 is 0.909 bits per heavy atom. The van der Waals surface area contributed by atoms with Gasteiger partial charge in [-0.2, -0.15) is 0 Å². The number of fused-ring (bicyclic) bond motifs is 3. The van der Waals surface area contributed by atoms with Crippen LogP contribution < -0.4 is 0 Å². The second-order valence-corrected chi connectivity index (χ2v) is 11.7. The van der Waals surface area contributed by atoms with E-state index in [-0.39, 0.29) is 0 Å². The standard InChI is InChI=1S/C16H20Cl4O2/c1-11(2,3)13-7(15(13,17)18)8-14(12(4,5)6,16(8,19)20)10(22)9(13)21/h7-8H,1-6H3/t7-,8-,13-,14+/m0/s1. The molecule has 4 atom stereocenters. The zero-order valence-electron chi connectivity index (χ0n) is 13.5. The van der Waals surface area contributed by atoms with Crippen molar-refractivity contribution in [2.75, 3.05) is 0 Å². The summed E-state index contributed by atoms with van der Waals surface area (Å²) in [6, 6.07) is 0. The number of halogens is 4. The van der Waals surface area contributed by atoms with Crippen LogP contribution in [0.2, 0.25) is 0 Å². The van der Waals surface area contributed by atoms with E-state index < -0.39 is 53.7 Å². The predicted octanol–water partition coefficient (Wildman–Crippen LogP) is 4.81. The monoisotopic (exact) mass is 384 g/mol. The molecule has 22 heavy (non-hydrogen) atoms. The summed E-state index contributed by atoms with van der Waals surface area (Å²) in [6.07, 6.45) is 0. The van der Waals surface area contributed by atoms with Crippen molar-refractivity contribution in [2.24, 2.45) is 33.5 Å². The number of hydrogen-bond donors (Lipinski definition) is 0. The molecule has 0 radical (unpaired) electrons. The van der Waals surface area contributed by atoms with Gasteiger partial charge in [0, 0.05) is 11.8 Å². The molecule has 0 spiro atoms. The highest BCUT2D eigenvalue weighted by atomic mass is 35.5. The molecule has 3 aliphatic carbocycles. The third-order valence-electron chi connectivity index (χ3n) is 6.22. The summed E-state index contributed by atoms with van der Waals surface area (Å²) in [6.45, 7) is 11.3. The molecule has 0 heterocycles. The first-order valence-corrected chi connectivity index (χ1v) is 8.91. The van der Waals surface area contributed by atoms with E-state index in [0.29, 0.717) is 0 Å². The summed E-state index contributed by atoms with van der Waals surface area (Å²) in [5.74, 6) is -1.82. The largest absolute Gasteiger partial charge is 0.290 e. The lowest BCUT2D eigenvalue weighted by molar-refractivity contribution is -0.151. The number of carbonyl (C=O) groups excluding carboxylic acids is 2. The topological polar surface area (TPSA) is 34.1 Å². The van der Waals surface area contributed by atoms with Crippen LogP contribution >= 0.6 is 46.4 Å². The van der Waals surface area contributed by atoms with E-state index >= 15 is 0 Å². The summed E-state index contributed by atoms with van der Waals surface area (Å²) in [7, 11) is 0. The number of alkyl halides is 4. The number of Topliss-reactive ketones (excluding diaryl/α,β-unsaturated/α-hetero) is 2. The van der Waals surface area contributed by atoms with Gasteiger partial charge >= 0.3 is 0 Å². The molecule has 0 aromatic carbocycles. The molecule has 0 bridgehead atoms. The van der Waals surface area contributed by atoms with Gasteiger partial charge in [-0.1, -0.05) is 41.5 Å². The molecule has 0 aromatic rings. The highest BCUT2D eigenvalue weighted by molar-refractivity contribution is 6.63. The Balaban J connectivity index is 2.26. The van der Waals surface area contributed by atoms with Crippen molar-refractivity contribution in [1.82, 2.24) is 0 Å². The van der Waals surface area contributed by atoms with Crippen LogP contribution in [-0.4, -0.2) is 20.2 Å². The van der Waals surface area contributed by atoms with Crippen LogP contribution in [0.15, 0.2) is 0 Å². The van der Waals surface area contributed by atoms with E-state index in [2.05, 4.69) is 0 Å². The second kappa shape index (κ2) is 3.84. The van der Waals surface area contributed by atoms with Gasteiger partial charge in [-0.3, -0.25) is 9.59 Å². The zero-order valence-corrected chi connectivity index (χ0v) is 16.5. The maximum absolute atomic E-state index is 13.1. The number of rotatable bonds is 0. The fraction of sp³-hybridized carbons (Fsp3) is 0.875. The third kappa shape index (κ3) is 1.33. The van der Waals surface area contributed by atoms with Crippen LogP contribution in [0.25, 0.3) is 0 Å². The highest BCUT2D eigenvalue weighted by Crippen LogP contribution is 2.93. The Morgan fingerprint density at radius 3 is 1.09 bits per heavy atom. The molecule has 124 valence electrons. The Labute approximate surface area is 151 Å². The molecule has 0 amide bonds. The molecular weight excluding hydrogens is 366 g/mol. The van der Waals surface area contributed by atoms with E-state index in [1.165, 1.54) is 0 Å². The fourth-order valence-electron chi connectivity index (χ4n) is 5.34. The van der Waals surface area contributed by atoms with Gasteiger partial charge < -0.3 is 0 Å². The minimum absolute atomic E-state index is 0.400. The van der Waals surface area contributed by atoms with Gasteiger partial charge in [0.15, 0.2) is 0 Å². The van der Waals surface area contributed by atoms with Crippen molar-refractivity contribution in [3.05, 3.63) is 0 Å². The Bertz CT molecular complexity index is 557. The van der Waals surface area contributed by atoms with Crippen molar-refractivity contribution < 1.29 is 9.59 Å². The molecule has 6 heteroatoms. The Morgan fingerprint density at radius 1 is 0.682 bits per heavy atom. The molecule has 0 aromatic heterocycles. The molecule has 2 nitrogen and oxygen atoms in total. The molecule has 3 saturated carbocycles. The predicted molar refractivity (Wildman–Crippen MR) is 89.6 cm³/mol. The van der Waals surface area contributed by atoms with Crippen molar-refractivity contribution in [1.29, 1.82) is 0 Å². The van der Waals surface area contributed by atoms with E-state index in [9.17, 15) is 9.59 Å². The Kier molecular flexibility index (Phi) is 3.03. The summed E-state index contributed by atoms with van der Waals surface area (Å²) in [4.78, 5) is 26.2. The van der Waals surface area contributed by atoms with Crippen LogP contribution in [0.5, 0.6) is 0 Å². The van der Waals surface area contributed by atoms with E-state index in [0.717, 1.165) is 0 Å². The van der Waals surface area contributed by atoms with Crippen LogP contribution in [0.4, 0.5) is 0 Å². The van der Waals surface area contributed by atoms with Crippen molar-refractivity contribution in [3.8, 4) is 0 Å². The number of hydrogen-bond acceptors (Lipinski definition) is 2. The van der Waals surface area contributed by atoms with Crippen LogP contribution in [0, 0.1) is 33.5 Å². The van der Waals surface area contributed by atoms with E-state index in [1.54, 1.807) is 0 Å². The maximum Gasteiger partial charge on any atom is 0.209 e. The Hall–Kier alpha value is 0.500. The highest BCUT2D eigenvalue weighted by Gasteiger charge is 3.01. The fourth-order valence-corrected chi connectivity index (χ4v) is 8.22. The van der Waals surface area contributed by atoms with Crippen LogP contribution in [0.1, 0.15) is 41.5 Å².